The Labute approximate surface area is 102 Å². The Morgan fingerprint density at radius 3 is 2.59 bits per heavy atom. The molecule has 1 aliphatic rings. The Hall–Kier alpha value is -1.58. The monoisotopic (exact) mass is 229 g/mol. The lowest BCUT2D eigenvalue weighted by molar-refractivity contribution is 0.526. The van der Waals surface area contributed by atoms with Gasteiger partial charge in [0.2, 0.25) is 0 Å². The highest BCUT2D eigenvalue weighted by molar-refractivity contribution is 5.48. The van der Waals surface area contributed by atoms with Crippen molar-refractivity contribution in [1.29, 1.82) is 0 Å². The van der Waals surface area contributed by atoms with E-state index < -0.39 is 0 Å². The van der Waals surface area contributed by atoms with Crippen molar-refractivity contribution in [3.8, 4) is 0 Å². The Kier molecular flexibility index (Phi) is 3.31. The summed E-state index contributed by atoms with van der Waals surface area (Å²) in [5.74, 6) is 0. The molecule has 0 radical (unpaired) electrons. The summed E-state index contributed by atoms with van der Waals surface area (Å²) in [6, 6.07) is 7.86. The van der Waals surface area contributed by atoms with Crippen molar-refractivity contribution in [3.05, 3.63) is 53.6 Å². The predicted molar refractivity (Wildman–Crippen MR) is 72.4 cm³/mol. The number of hydrogen-bond donors (Lipinski definition) is 3. The zero-order chi connectivity index (χ0) is 12.3. The third-order valence-corrected chi connectivity index (χ3v) is 3.18. The second-order valence-corrected chi connectivity index (χ2v) is 4.63. The molecule has 0 spiro atoms. The molecule has 1 atom stereocenters. The van der Waals surface area contributed by atoms with Gasteiger partial charge in [0.1, 0.15) is 0 Å². The number of rotatable bonds is 3. The van der Waals surface area contributed by atoms with Crippen molar-refractivity contribution >= 4 is 5.69 Å². The fraction of sp³-hybridized carbons (Fsp3) is 0.286. The molecule has 0 saturated heterocycles. The maximum atomic E-state index is 6.35. The van der Waals surface area contributed by atoms with Crippen LogP contribution in [0.2, 0.25) is 0 Å². The molecule has 0 bridgehead atoms. The quantitative estimate of drug-likeness (QED) is 0.685. The van der Waals surface area contributed by atoms with Crippen molar-refractivity contribution in [3.63, 3.8) is 0 Å². The lowest BCUT2D eigenvalue weighted by Gasteiger charge is -2.28. The van der Waals surface area contributed by atoms with E-state index in [-0.39, 0.29) is 5.54 Å². The molecule has 1 unspecified atom stereocenters. The van der Waals surface area contributed by atoms with Gasteiger partial charge >= 0.3 is 0 Å². The Morgan fingerprint density at radius 1 is 1.24 bits per heavy atom. The van der Waals surface area contributed by atoms with E-state index in [4.69, 9.17) is 17.2 Å². The number of para-hydroxylation sites is 1. The van der Waals surface area contributed by atoms with E-state index in [2.05, 4.69) is 6.08 Å². The number of anilines is 1. The zero-order valence-corrected chi connectivity index (χ0v) is 9.89. The van der Waals surface area contributed by atoms with Gasteiger partial charge in [-0.3, -0.25) is 0 Å². The second kappa shape index (κ2) is 4.73. The van der Waals surface area contributed by atoms with E-state index in [9.17, 15) is 0 Å². The van der Waals surface area contributed by atoms with Gasteiger partial charge < -0.3 is 17.2 Å². The largest absolute Gasteiger partial charge is 0.399 e. The highest BCUT2D eigenvalue weighted by atomic mass is 14.7. The van der Waals surface area contributed by atoms with E-state index >= 15 is 0 Å². The molecule has 6 N–H and O–H groups in total. The van der Waals surface area contributed by atoms with Gasteiger partial charge in [0.15, 0.2) is 0 Å². The minimum Gasteiger partial charge on any atom is -0.399 e. The van der Waals surface area contributed by atoms with Crippen LogP contribution in [0.25, 0.3) is 0 Å². The number of nitrogens with two attached hydrogens (primary N) is 3. The van der Waals surface area contributed by atoms with Gasteiger partial charge in [-0.05, 0) is 30.0 Å². The molecule has 0 amide bonds. The van der Waals surface area contributed by atoms with Gasteiger partial charge in [-0.25, -0.2) is 0 Å². The molecule has 0 heterocycles. The van der Waals surface area contributed by atoms with Gasteiger partial charge in [0, 0.05) is 17.8 Å². The summed E-state index contributed by atoms with van der Waals surface area (Å²) in [4.78, 5) is 0. The first-order valence-corrected chi connectivity index (χ1v) is 5.83. The van der Waals surface area contributed by atoms with Crippen molar-refractivity contribution < 1.29 is 0 Å². The third-order valence-electron chi connectivity index (χ3n) is 3.18. The maximum absolute atomic E-state index is 6.35. The lowest BCUT2D eigenvalue weighted by Crippen LogP contribution is -2.41. The van der Waals surface area contributed by atoms with Gasteiger partial charge in [-0.2, -0.15) is 0 Å². The standard InChI is InChI=1S/C14H19N3/c15-10-11-5-7-14(17,8-6-11)9-12-3-1-2-4-13(12)16/h1-7H,8-10,15-17H2. The molecule has 0 fully saturated rings. The van der Waals surface area contributed by atoms with Crippen LogP contribution < -0.4 is 17.2 Å². The number of benzene rings is 1. The topological polar surface area (TPSA) is 78.1 Å². The van der Waals surface area contributed by atoms with Crippen LogP contribution in [0.5, 0.6) is 0 Å². The normalized spacial score (nSPS) is 23.5. The molecule has 2 rings (SSSR count). The highest BCUT2D eigenvalue weighted by Crippen LogP contribution is 2.25. The first-order valence-electron chi connectivity index (χ1n) is 5.83. The van der Waals surface area contributed by atoms with Crippen molar-refractivity contribution in [1.82, 2.24) is 0 Å². The lowest BCUT2D eigenvalue weighted by atomic mass is 9.84. The summed E-state index contributed by atoms with van der Waals surface area (Å²) in [5, 5.41) is 0. The van der Waals surface area contributed by atoms with E-state index in [1.54, 1.807) is 0 Å². The van der Waals surface area contributed by atoms with Crippen LogP contribution in [0.1, 0.15) is 12.0 Å². The third kappa shape index (κ3) is 2.75. The molecule has 0 aromatic heterocycles. The first kappa shape index (κ1) is 11.9. The van der Waals surface area contributed by atoms with Crippen LogP contribution in [0.3, 0.4) is 0 Å². The first-order chi connectivity index (χ1) is 8.13. The van der Waals surface area contributed by atoms with Crippen LogP contribution in [-0.4, -0.2) is 12.1 Å². The van der Waals surface area contributed by atoms with Crippen LogP contribution in [0, 0.1) is 0 Å². The molecular weight excluding hydrogens is 210 g/mol. The van der Waals surface area contributed by atoms with E-state index in [0.29, 0.717) is 6.54 Å². The molecule has 1 aromatic carbocycles. The summed E-state index contributed by atoms with van der Waals surface area (Å²) in [5.41, 5.74) is 20.6. The average Bonchev–Trinajstić information content (AvgIpc) is 2.33. The van der Waals surface area contributed by atoms with Crippen molar-refractivity contribution in [2.45, 2.75) is 18.4 Å². The summed E-state index contributed by atoms with van der Waals surface area (Å²) >= 11 is 0. The molecule has 90 valence electrons. The smallest absolute Gasteiger partial charge is 0.0419 e. The summed E-state index contributed by atoms with van der Waals surface area (Å²) in [6.45, 7) is 0.569. The Bertz CT molecular complexity index is 462. The molecule has 3 heteroatoms. The molecule has 1 aliphatic carbocycles. The van der Waals surface area contributed by atoms with Crippen LogP contribution in [0.15, 0.2) is 48.1 Å². The van der Waals surface area contributed by atoms with Gasteiger partial charge in [0.05, 0.1) is 0 Å². The van der Waals surface area contributed by atoms with Crippen LogP contribution in [0.4, 0.5) is 5.69 Å². The molecule has 17 heavy (non-hydrogen) atoms. The fourth-order valence-corrected chi connectivity index (χ4v) is 2.06. The molecular formula is C14H19N3. The SMILES string of the molecule is NCC1=CCC(N)(Cc2ccccc2N)C=C1. The molecule has 3 nitrogen and oxygen atoms in total. The van der Waals surface area contributed by atoms with E-state index in [0.717, 1.165) is 29.7 Å². The van der Waals surface area contributed by atoms with E-state index in [1.165, 1.54) is 0 Å². The van der Waals surface area contributed by atoms with Crippen LogP contribution >= 0.6 is 0 Å². The molecule has 0 aliphatic heterocycles. The van der Waals surface area contributed by atoms with E-state index in [1.807, 2.05) is 36.4 Å². The van der Waals surface area contributed by atoms with Gasteiger partial charge in [0.25, 0.3) is 0 Å². The second-order valence-electron chi connectivity index (χ2n) is 4.63. The summed E-state index contributed by atoms with van der Waals surface area (Å²) in [6.07, 6.45) is 7.73. The Morgan fingerprint density at radius 2 is 2.00 bits per heavy atom. The minimum absolute atomic E-state index is 0.339. The highest BCUT2D eigenvalue weighted by Gasteiger charge is 2.24. The molecule has 0 saturated carbocycles. The average molecular weight is 229 g/mol. The number of nitrogen functional groups attached to an aromatic ring is 1. The van der Waals surface area contributed by atoms with Gasteiger partial charge in [-0.15, -0.1) is 0 Å². The zero-order valence-electron chi connectivity index (χ0n) is 9.89. The van der Waals surface area contributed by atoms with Crippen LogP contribution in [-0.2, 0) is 6.42 Å². The predicted octanol–water partition coefficient (Wildman–Crippen LogP) is 1.35. The molecule has 1 aromatic rings. The maximum Gasteiger partial charge on any atom is 0.0419 e. The van der Waals surface area contributed by atoms with Gasteiger partial charge in [-0.1, -0.05) is 36.4 Å². The number of hydrogen-bond acceptors (Lipinski definition) is 3. The van der Waals surface area contributed by atoms with Crippen molar-refractivity contribution in [2.24, 2.45) is 11.5 Å². The minimum atomic E-state index is -0.339. The fourth-order valence-electron chi connectivity index (χ4n) is 2.06. The Balaban J connectivity index is 2.13. The summed E-state index contributed by atoms with van der Waals surface area (Å²) in [7, 11) is 0. The van der Waals surface area contributed by atoms with Crippen molar-refractivity contribution in [2.75, 3.05) is 12.3 Å². The summed E-state index contributed by atoms with van der Waals surface area (Å²) < 4.78 is 0.